The third-order valence-corrected chi connectivity index (χ3v) is 6.00. The van der Waals surface area contributed by atoms with Crippen LogP contribution in [0.3, 0.4) is 0 Å². The maximum atomic E-state index is 13.2. The number of piperazine rings is 1. The van der Waals surface area contributed by atoms with Crippen LogP contribution in [0.4, 0.5) is 4.39 Å². The van der Waals surface area contributed by atoms with Gasteiger partial charge in [-0.3, -0.25) is 9.69 Å². The number of carbonyl (C=O) groups is 1. The number of hydrogen-bond acceptors (Lipinski definition) is 6. The van der Waals surface area contributed by atoms with Gasteiger partial charge in [0.15, 0.2) is 17.9 Å². The summed E-state index contributed by atoms with van der Waals surface area (Å²) in [5.41, 5.74) is 0.773. The molecule has 2 aromatic carbocycles. The van der Waals surface area contributed by atoms with E-state index in [4.69, 9.17) is 13.9 Å². The van der Waals surface area contributed by atoms with Gasteiger partial charge in [0.05, 0.1) is 7.11 Å². The van der Waals surface area contributed by atoms with Crippen LogP contribution in [-0.2, 0) is 11.3 Å². The molecule has 3 aromatic rings. The number of hydrogen-bond donors (Lipinski definition) is 0. The Labute approximate surface area is 191 Å². The highest BCUT2D eigenvalue weighted by Gasteiger charge is 2.32. The average molecular weight is 454 g/mol. The first kappa shape index (κ1) is 22.8. The first-order valence-corrected chi connectivity index (χ1v) is 10.9. The second-order valence-corrected chi connectivity index (χ2v) is 8.36. The molecule has 33 heavy (non-hydrogen) atoms. The Morgan fingerprint density at radius 2 is 1.79 bits per heavy atom. The molecular weight excluding hydrogens is 427 g/mol. The summed E-state index contributed by atoms with van der Waals surface area (Å²) in [4.78, 5) is 28.8. The average Bonchev–Trinajstić information content (AvgIpc) is 2.80. The van der Waals surface area contributed by atoms with Crippen LogP contribution in [0.1, 0.15) is 19.4 Å². The maximum Gasteiger partial charge on any atom is 0.336 e. The van der Waals surface area contributed by atoms with E-state index >= 15 is 0 Å². The predicted octanol–water partition coefficient (Wildman–Crippen LogP) is 3.44. The first-order chi connectivity index (χ1) is 15.9. The van der Waals surface area contributed by atoms with E-state index in [2.05, 4.69) is 11.8 Å². The number of carbonyl (C=O) groups excluding carboxylic acids is 1. The Morgan fingerprint density at radius 1 is 1.06 bits per heavy atom. The molecule has 1 aliphatic rings. The molecule has 1 fully saturated rings. The van der Waals surface area contributed by atoms with Gasteiger partial charge in [-0.15, -0.1) is 0 Å². The molecule has 1 saturated heterocycles. The van der Waals surface area contributed by atoms with Crippen molar-refractivity contribution in [3.63, 3.8) is 0 Å². The van der Waals surface area contributed by atoms with Gasteiger partial charge in [0.25, 0.3) is 5.91 Å². The molecule has 0 unspecified atom stereocenters. The van der Waals surface area contributed by atoms with Gasteiger partial charge in [-0.05, 0) is 49.7 Å². The number of fused-ring (bicyclic) bond motifs is 1. The standard InChI is InChI=1S/C25H27FN2O5/c1-16-13-28(17(2)12-27(16)14-18-4-8-20(26)9-5-18)22(29)15-32-25-21(31-3)10-6-19-7-11-23(30)33-24(19)25/h4-11,16-17H,12-15H2,1-3H3/t16-,17+/m1/s1. The topological polar surface area (TPSA) is 72.2 Å². The van der Waals surface area contributed by atoms with E-state index in [9.17, 15) is 14.0 Å². The van der Waals surface area contributed by atoms with Gasteiger partial charge in [0.2, 0.25) is 5.75 Å². The van der Waals surface area contributed by atoms with Gasteiger partial charge in [0.1, 0.15) is 5.82 Å². The Kier molecular flexibility index (Phi) is 6.65. The van der Waals surface area contributed by atoms with Crippen molar-refractivity contribution in [3.05, 3.63) is 70.3 Å². The van der Waals surface area contributed by atoms with Gasteiger partial charge in [0, 0.05) is 43.2 Å². The first-order valence-electron chi connectivity index (χ1n) is 10.9. The molecule has 2 atom stereocenters. The zero-order valence-corrected chi connectivity index (χ0v) is 18.9. The fourth-order valence-corrected chi connectivity index (χ4v) is 4.19. The Hall–Kier alpha value is -3.39. The zero-order valence-electron chi connectivity index (χ0n) is 18.9. The van der Waals surface area contributed by atoms with E-state index in [0.717, 1.165) is 5.56 Å². The van der Waals surface area contributed by atoms with Gasteiger partial charge < -0.3 is 18.8 Å². The van der Waals surface area contributed by atoms with Crippen molar-refractivity contribution in [3.8, 4) is 11.5 Å². The second-order valence-electron chi connectivity index (χ2n) is 8.36. The van der Waals surface area contributed by atoms with Crippen molar-refractivity contribution in [2.24, 2.45) is 0 Å². The van der Waals surface area contributed by atoms with Crippen LogP contribution in [0.2, 0.25) is 0 Å². The van der Waals surface area contributed by atoms with Crippen molar-refractivity contribution in [2.75, 3.05) is 26.8 Å². The SMILES string of the molecule is COc1ccc2ccc(=O)oc2c1OCC(=O)N1C[C@@H](C)N(Cc2ccc(F)cc2)C[C@@H]1C. The van der Waals surface area contributed by atoms with E-state index in [1.807, 2.05) is 6.92 Å². The molecule has 2 heterocycles. The molecule has 7 nitrogen and oxygen atoms in total. The van der Waals surface area contributed by atoms with E-state index in [1.54, 1.807) is 35.2 Å². The maximum absolute atomic E-state index is 13.2. The van der Waals surface area contributed by atoms with Crippen molar-refractivity contribution in [1.82, 2.24) is 9.80 Å². The van der Waals surface area contributed by atoms with E-state index in [1.165, 1.54) is 25.3 Å². The van der Waals surface area contributed by atoms with Gasteiger partial charge in [-0.2, -0.15) is 0 Å². The molecule has 0 saturated carbocycles. The van der Waals surface area contributed by atoms with Crippen LogP contribution in [0, 0.1) is 5.82 Å². The van der Waals surface area contributed by atoms with Crippen LogP contribution in [-0.4, -0.2) is 54.6 Å². The molecule has 0 spiro atoms. The van der Waals surface area contributed by atoms with Gasteiger partial charge in [-0.25, -0.2) is 9.18 Å². The van der Waals surface area contributed by atoms with Crippen LogP contribution in [0.25, 0.3) is 11.0 Å². The molecule has 0 aliphatic carbocycles. The Balaban J connectivity index is 1.44. The number of nitrogens with zero attached hydrogens (tertiary/aromatic N) is 2. The minimum atomic E-state index is -0.508. The van der Waals surface area contributed by atoms with Crippen LogP contribution in [0.5, 0.6) is 11.5 Å². The predicted molar refractivity (Wildman–Crippen MR) is 122 cm³/mol. The molecule has 1 amide bonds. The zero-order chi connectivity index (χ0) is 23.5. The summed E-state index contributed by atoms with van der Waals surface area (Å²) in [6.45, 7) is 5.79. The molecule has 0 radical (unpaired) electrons. The summed E-state index contributed by atoms with van der Waals surface area (Å²) in [7, 11) is 1.49. The fourth-order valence-electron chi connectivity index (χ4n) is 4.19. The molecule has 0 bridgehead atoms. The quantitative estimate of drug-likeness (QED) is 0.532. The smallest absolute Gasteiger partial charge is 0.336 e. The monoisotopic (exact) mass is 454 g/mol. The molecule has 0 N–H and O–H groups in total. The highest BCUT2D eigenvalue weighted by Crippen LogP contribution is 2.35. The molecular formula is C25H27FN2O5. The Morgan fingerprint density at radius 3 is 2.52 bits per heavy atom. The molecule has 4 rings (SSSR count). The largest absolute Gasteiger partial charge is 0.493 e. The highest BCUT2D eigenvalue weighted by molar-refractivity contribution is 5.86. The molecule has 174 valence electrons. The number of methoxy groups -OCH3 is 1. The fraction of sp³-hybridized carbons (Fsp3) is 0.360. The summed E-state index contributed by atoms with van der Waals surface area (Å²) < 4.78 is 29.7. The second kappa shape index (κ2) is 9.62. The highest BCUT2D eigenvalue weighted by atomic mass is 19.1. The molecule has 1 aromatic heterocycles. The minimum Gasteiger partial charge on any atom is -0.493 e. The van der Waals surface area contributed by atoms with Crippen molar-refractivity contribution < 1.29 is 23.1 Å². The number of rotatable bonds is 6. The summed E-state index contributed by atoms with van der Waals surface area (Å²) in [5.74, 6) is 0.206. The van der Waals surface area contributed by atoms with Gasteiger partial charge >= 0.3 is 5.63 Å². The van der Waals surface area contributed by atoms with Crippen molar-refractivity contribution in [1.29, 1.82) is 0 Å². The number of amides is 1. The summed E-state index contributed by atoms with van der Waals surface area (Å²) in [5, 5.41) is 0.675. The summed E-state index contributed by atoms with van der Waals surface area (Å²) in [6.07, 6.45) is 0. The lowest BCUT2D eigenvalue weighted by atomic mass is 10.1. The van der Waals surface area contributed by atoms with Crippen LogP contribution >= 0.6 is 0 Å². The summed E-state index contributed by atoms with van der Waals surface area (Å²) in [6, 6.07) is 13.0. The third-order valence-electron chi connectivity index (χ3n) is 6.00. The number of ether oxygens (including phenoxy) is 2. The normalized spacial score (nSPS) is 19.0. The van der Waals surface area contributed by atoms with Crippen molar-refractivity contribution >= 4 is 16.9 Å². The van der Waals surface area contributed by atoms with E-state index in [-0.39, 0.29) is 41.7 Å². The number of halogens is 1. The van der Waals surface area contributed by atoms with E-state index < -0.39 is 5.63 Å². The Bertz CT molecular complexity index is 1190. The summed E-state index contributed by atoms with van der Waals surface area (Å²) >= 11 is 0. The van der Waals surface area contributed by atoms with Crippen LogP contribution < -0.4 is 15.1 Å². The van der Waals surface area contributed by atoms with Gasteiger partial charge in [-0.1, -0.05) is 12.1 Å². The van der Waals surface area contributed by atoms with Crippen LogP contribution in [0.15, 0.2) is 57.7 Å². The lowest BCUT2D eigenvalue weighted by molar-refractivity contribution is -0.139. The molecule has 1 aliphatic heterocycles. The lowest BCUT2D eigenvalue weighted by Crippen LogP contribution is -2.58. The third kappa shape index (κ3) is 5.01. The van der Waals surface area contributed by atoms with E-state index in [0.29, 0.717) is 30.8 Å². The number of benzene rings is 2. The minimum absolute atomic E-state index is 0.0231. The van der Waals surface area contributed by atoms with Crippen molar-refractivity contribution in [2.45, 2.75) is 32.5 Å². The lowest BCUT2D eigenvalue weighted by Gasteiger charge is -2.44. The molecule has 8 heteroatoms.